The van der Waals surface area contributed by atoms with Crippen molar-refractivity contribution in [3.8, 4) is 0 Å². The van der Waals surface area contributed by atoms with E-state index in [-0.39, 0.29) is 22.5 Å². The van der Waals surface area contributed by atoms with Crippen LogP contribution in [0, 0.1) is 5.41 Å². The SMILES string of the molecule is N=C(N)c1ccc(CC(C(=O)N2CCCCC2)N2CCCC(NS(=O)(=O)c3ccc4ccccc4c3)C2=O)cc1. The van der Waals surface area contributed by atoms with Crippen LogP contribution in [0.25, 0.3) is 10.8 Å². The molecule has 0 aliphatic carbocycles. The number of hydrogen-bond donors (Lipinski definition) is 3. The zero-order valence-corrected chi connectivity index (χ0v) is 23.2. The lowest BCUT2D eigenvalue weighted by Crippen LogP contribution is -2.60. The summed E-state index contributed by atoms with van der Waals surface area (Å²) in [4.78, 5) is 31.1. The van der Waals surface area contributed by atoms with Crippen LogP contribution in [0.2, 0.25) is 0 Å². The van der Waals surface area contributed by atoms with Crippen LogP contribution in [0.1, 0.15) is 43.2 Å². The number of nitrogens with zero attached hydrogens (tertiary/aromatic N) is 2. The lowest BCUT2D eigenvalue weighted by Gasteiger charge is -2.40. The molecule has 2 unspecified atom stereocenters. The van der Waals surface area contributed by atoms with Crippen molar-refractivity contribution in [2.24, 2.45) is 5.73 Å². The molecule has 2 amide bonds. The molecule has 2 aliphatic heterocycles. The van der Waals surface area contributed by atoms with Crippen molar-refractivity contribution < 1.29 is 18.0 Å². The van der Waals surface area contributed by atoms with Gasteiger partial charge in [0.25, 0.3) is 0 Å². The smallest absolute Gasteiger partial charge is 0.245 e. The number of benzene rings is 3. The average molecular weight is 562 g/mol. The van der Waals surface area contributed by atoms with E-state index in [9.17, 15) is 18.0 Å². The van der Waals surface area contributed by atoms with Crippen LogP contribution in [0.3, 0.4) is 0 Å². The van der Waals surface area contributed by atoms with E-state index in [0.717, 1.165) is 35.6 Å². The zero-order valence-electron chi connectivity index (χ0n) is 22.4. The summed E-state index contributed by atoms with van der Waals surface area (Å²) < 4.78 is 29.3. The lowest BCUT2D eigenvalue weighted by atomic mass is 9.97. The van der Waals surface area contributed by atoms with Crippen molar-refractivity contribution in [1.82, 2.24) is 14.5 Å². The number of nitrogen functional groups attached to an aromatic ring is 1. The second kappa shape index (κ2) is 11.8. The fraction of sp³-hybridized carbons (Fsp3) is 0.367. The minimum absolute atomic E-state index is 0.0414. The minimum Gasteiger partial charge on any atom is -0.384 e. The standard InChI is InChI=1S/C30H35N5O4S/c31-28(32)23-12-10-21(11-13-23)19-27(30(37)34-16-4-1-5-17-34)35-18-6-9-26(29(35)36)33-40(38,39)25-15-14-22-7-2-3-8-24(22)20-25/h2-3,7-8,10-15,20,26-27,33H,1,4-6,9,16-19H2,(H3,31,32). The Morgan fingerprint density at radius 1 is 0.950 bits per heavy atom. The van der Waals surface area contributed by atoms with Crippen LogP contribution < -0.4 is 10.5 Å². The van der Waals surface area contributed by atoms with Crippen LogP contribution >= 0.6 is 0 Å². The number of likely N-dealkylation sites (tertiary alicyclic amines) is 2. The number of nitrogens with two attached hydrogens (primary N) is 1. The first-order valence-corrected chi connectivity index (χ1v) is 15.2. The Hall–Kier alpha value is -3.76. The topological polar surface area (TPSA) is 137 Å². The average Bonchev–Trinajstić information content (AvgIpc) is 2.97. The van der Waals surface area contributed by atoms with E-state index in [2.05, 4.69) is 4.72 Å². The molecule has 3 aromatic rings. The highest BCUT2D eigenvalue weighted by Gasteiger charge is 2.40. The maximum absolute atomic E-state index is 13.8. The summed E-state index contributed by atoms with van der Waals surface area (Å²) in [6.45, 7) is 1.68. The summed E-state index contributed by atoms with van der Waals surface area (Å²) in [5.74, 6) is -0.534. The Morgan fingerprint density at radius 2 is 1.65 bits per heavy atom. The third-order valence-electron chi connectivity index (χ3n) is 7.82. The third kappa shape index (κ3) is 6.03. The number of nitrogens with one attached hydrogen (secondary N) is 2. The summed E-state index contributed by atoms with van der Waals surface area (Å²) >= 11 is 0. The quantitative estimate of drug-likeness (QED) is 0.287. The summed E-state index contributed by atoms with van der Waals surface area (Å²) in [5, 5.41) is 9.36. The maximum atomic E-state index is 13.8. The number of carbonyl (C=O) groups excluding carboxylic acids is 2. The van der Waals surface area contributed by atoms with E-state index >= 15 is 0 Å². The van der Waals surface area contributed by atoms with Gasteiger partial charge in [0, 0.05) is 31.6 Å². The monoisotopic (exact) mass is 561 g/mol. The Morgan fingerprint density at radius 3 is 2.35 bits per heavy atom. The zero-order chi connectivity index (χ0) is 28.3. The van der Waals surface area contributed by atoms with Crippen molar-refractivity contribution in [3.05, 3.63) is 77.9 Å². The van der Waals surface area contributed by atoms with Crippen LogP contribution in [-0.4, -0.2) is 67.6 Å². The number of rotatable bonds is 8. The predicted octanol–water partition coefficient (Wildman–Crippen LogP) is 3.02. The van der Waals surface area contributed by atoms with E-state index in [1.165, 1.54) is 0 Å². The second-order valence-corrected chi connectivity index (χ2v) is 12.3. The molecule has 2 atom stereocenters. The first-order chi connectivity index (χ1) is 19.2. The molecule has 10 heteroatoms. The molecule has 2 aliphatic rings. The van der Waals surface area contributed by atoms with Crippen molar-refractivity contribution in [2.75, 3.05) is 19.6 Å². The molecule has 2 saturated heterocycles. The molecule has 40 heavy (non-hydrogen) atoms. The lowest BCUT2D eigenvalue weighted by molar-refractivity contribution is -0.149. The summed E-state index contributed by atoms with van der Waals surface area (Å²) in [6, 6.07) is 17.8. The molecule has 210 valence electrons. The Labute approximate surface area is 234 Å². The number of hydrogen-bond acceptors (Lipinski definition) is 5. The number of fused-ring (bicyclic) bond motifs is 1. The van der Waals surface area contributed by atoms with Crippen LogP contribution in [0.15, 0.2) is 71.6 Å². The first kappa shape index (κ1) is 27.8. The van der Waals surface area contributed by atoms with Gasteiger partial charge in [0.2, 0.25) is 21.8 Å². The molecule has 9 nitrogen and oxygen atoms in total. The molecule has 4 N–H and O–H groups in total. The Balaban J connectivity index is 1.39. The summed E-state index contributed by atoms with van der Waals surface area (Å²) in [5.41, 5.74) is 7.02. The molecule has 0 saturated carbocycles. The largest absolute Gasteiger partial charge is 0.384 e. The molecule has 0 radical (unpaired) electrons. The van der Waals surface area contributed by atoms with E-state index in [0.29, 0.717) is 44.5 Å². The molecule has 0 aromatic heterocycles. The van der Waals surface area contributed by atoms with Gasteiger partial charge in [-0.05, 0) is 60.6 Å². The molecular formula is C30H35N5O4S. The fourth-order valence-corrected chi connectivity index (χ4v) is 6.87. The van der Waals surface area contributed by atoms with Gasteiger partial charge in [-0.2, -0.15) is 4.72 Å². The van der Waals surface area contributed by atoms with Crippen LogP contribution in [0.4, 0.5) is 0 Å². The number of carbonyl (C=O) groups is 2. The van der Waals surface area contributed by atoms with Gasteiger partial charge >= 0.3 is 0 Å². The fourth-order valence-electron chi connectivity index (χ4n) is 5.61. The maximum Gasteiger partial charge on any atom is 0.245 e. The number of piperidine rings is 2. The van der Waals surface area contributed by atoms with E-state index in [1.54, 1.807) is 35.2 Å². The predicted molar refractivity (Wildman–Crippen MR) is 154 cm³/mol. The highest BCUT2D eigenvalue weighted by atomic mass is 32.2. The normalized spacial score (nSPS) is 19.0. The number of amidine groups is 1. The van der Waals surface area contributed by atoms with Gasteiger partial charge in [-0.1, -0.05) is 54.6 Å². The van der Waals surface area contributed by atoms with E-state index < -0.39 is 22.1 Å². The molecule has 5 rings (SSSR count). The second-order valence-electron chi connectivity index (χ2n) is 10.6. The first-order valence-electron chi connectivity index (χ1n) is 13.8. The van der Waals surface area contributed by atoms with Gasteiger partial charge in [0.15, 0.2) is 0 Å². The van der Waals surface area contributed by atoms with Gasteiger partial charge in [-0.15, -0.1) is 0 Å². The number of sulfonamides is 1. The number of amides is 2. The molecule has 0 spiro atoms. The minimum atomic E-state index is -3.97. The molecule has 3 aromatic carbocycles. The van der Waals surface area contributed by atoms with Crippen LogP contribution in [0.5, 0.6) is 0 Å². The van der Waals surface area contributed by atoms with Gasteiger partial charge < -0.3 is 15.5 Å². The molecular weight excluding hydrogens is 526 g/mol. The van der Waals surface area contributed by atoms with Gasteiger partial charge in [-0.3, -0.25) is 15.0 Å². The van der Waals surface area contributed by atoms with E-state index in [1.807, 2.05) is 41.3 Å². The summed E-state index contributed by atoms with van der Waals surface area (Å²) in [6.07, 6.45) is 4.15. The van der Waals surface area contributed by atoms with Crippen molar-refractivity contribution in [3.63, 3.8) is 0 Å². The van der Waals surface area contributed by atoms with Gasteiger partial charge in [0.1, 0.15) is 17.9 Å². The Kier molecular flexibility index (Phi) is 8.18. The highest BCUT2D eigenvalue weighted by molar-refractivity contribution is 7.89. The molecule has 0 bridgehead atoms. The Bertz CT molecular complexity index is 1520. The van der Waals surface area contributed by atoms with Crippen molar-refractivity contribution in [1.29, 1.82) is 5.41 Å². The van der Waals surface area contributed by atoms with Crippen molar-refractivity contribution >= 4 is 38.4 Å². The third-order valence-corrected chi connectivity index (χ3v) is 9.29. The van der Waals surface area contributed by atoms with Crippen molar-refractivity contribution in [2.45, 2.75) is 55.5 Å². The van der Waals surface area contributed by atoms with Gasteiger partial charge in [-0.25, -0.2) is 8.42 Å². The highest BCUT2D eigenvalue weighted by Crippen LogP contribution is 2.24. The molecule has 2 fully saturated rings. The molecule has 2 heterocycles. The van der Waals surface area contributed by atoms with Crippen LogP contribution in [-0.2, 0) is 26.0 Å². The van der Waals surface area contributed by atoms with E-state index in [4.69, 9.17) is 11.1 Å². The summed E-state index contributed by atoms with van der Waals surface area (Å²) in [7, 11) is -3.97. The van der Waals surface area contributed by atoms with Gasteiger partial charge in [0.05, 0.1) is 4.90 Å².